The second-order valence-electron chi connectivity index (χ2n) is 7.08. The second kappa shape index (κ2) is 9.98. The van der Waals surface area contributed by atoms with Crippen LogP contribution in [0.2, 0.25) is 0 Å². The van der Waals surface area contributed by atoms with Crippen molar-refractivity contribution < 1.29 is 17.9 Å². The molecule has 0 aliphatic heterocycles. The predicted molar refractivity (Wildman–Crippen MR) is 125 cm³/mol. The topological polar surface area (TPSA) is 84.5 Å². The summed E-state index contributed by atoms with van der Waals surface area (Å²) in [4.78, 5) is 12.3. The Labute approximate surface area is 190 Å². The molecule has 0 heterocycles. The maximum Gasteiger partial charge on any atom is 0.261 e. The number of ether oxygens (including phenoxy) is 1. The average Bonchev–Trinajstić information content (AvgIpc) is 2.74. The molecular weight excluding hydrogens is 480 g/mol. The highest BCUT2D eigenvalue weighted by Crippen LogP contribution is 2.20. The summed E-state index contributed by atoms with van der Waals surface area (Å²) in [5, 5.41) is 2.87. The number of hydrogen-bond acceptors (Lipinski definition) is 4. The third kappa shape index (κ3) is 6.57. The van der Waals surface area contributed by atoms with E-state index in [0.29, 0.717) is 11.4 Å². The number of sulfonamides is 1. The zero-order chi connectivity index (χ0) is 22.4. The van der Waals surface area contributed by atoms with Gasteiger partial charge in [-0.05, 0) is 67.9 Å². The normalized spacial score (nSPS) is 12.1. The number of carbonyl (C=O) groups is 1. The first-order valence-corrected chi connectivity index (χ1v) is 11.9. The Balaban J connectivity index is 1.55. The highest BCUT2D eigenvalue weighted by atomic mass is 79.9. The fourth-order valence-electron chi connectivity index (χ4n) is 2.84. The minimum Gasteiger partial charge on any atom is -0.484 e. The van der Waals surface area contributed by atoms with Crippen molar-refractivity contribution in [3.05, 3.63) is 88.4 Å². The number of anilines is 1. The van der Waals surface area contributed by atoms with Gasteiger partial charge in [-0.25, -0.2) is 8.42 Å². The first-order valence-electron chi connectivity index (χ1n) is 9.60. The third-order valence-corrected chi connectivity index (χ3v) is 6.42. The molecule has 162 valence electrons. The van der Waals surface area contributed by atoms with Gasteiger partial charge in [0.05, 0.1) is 10.9 Å². The number of benzene rings is 3. The molecule has 0 spiro atoms. The molecule has 0 fully saturated rings. The Morgan fingerprint density at radius 1 is 1.03 bits per heavy atom. The van der Waals surface area contributed by atoms with Crippen molar-refractivity contribution in [2.75, 3.05) is 11.3 Å². The van der Waals surface area contributed by atoms with E-state index in [-0.39, 0.29) is 23.5 Å². The summed E-state index contributed by atoms with van der Waals surface area (Å²) >= 11 is 3.41. The molecule has 1 atom stereocenters. The quantitative estimate of drug-likeness (QED) is 0.462. The van der Waals surface area contributed by atoms with Crippen LogP contribution in [0, 0.1) is 6.92 Å². The van der Waals surface area contributed by atoms with Gasteiger partial charge in [0.1, 0.15) is 5.75 Å². The molecule has 0 saturated heterocycles. The van der Waals surface area contributed by atoms with Crippen LogP contribution in [-0.4, -0.2) is 20.9 Å². The zero-order valence-electron chi connectivity index (χ0n) is 17.1. The molecule has 6 nitrogen and oxygen atoms in total. The predicted octanol–water partition coefficient (Wildman–Crippen LogP) is 4.81. The summed E-state index contributed by atoms with van der Waals surface area (Å²) in [7, 11) is -3.71. The van der Waals surface area contributed by atoms with Crippen LogP contribution in [0.1, 0.15) is 24.1 Å². The van der Waals surface area contributed by atoms with Gasteiger partial charge >= 0.3 is 0 Å². The minimum atomic E-state index is -3.71. The van der Waals surface area contributed by atoms with E-state index in [1.165, 1.54) is 24.3 Å². The maximum atomic E-state index is 12.5. The smallest absolute Gasteiger partial charge is 0.261 e. The molecule has 3 aromatic carbocycles. The van der Waals surface area contributed by atoms with Crippen LogP contribution in [0.25, 0.3) is 0 Å². The van der Waals surface area contributed by atoms with Crippen molar-refractivity contribution in [3.63, 3.8) is 0 Å². The summed E-state index contributed by atoms with van der Waals surface area (Å²) in [6.45, 7) is 3.64. The van der Waals surface area contributed by atoms with E-state index in [4.69, 9.17) is 4.74 Å². The van der Waals surface area contributed by atoms with Crippen molar-refractivity contribution >= 4 is 37.5 Å². The standard InChI is InChI=1S/C23H23BrN2O4S/c1-16-6-8-20(9-7-16)26-31(28,29)22-12-10-21(11-13-22)30-15-23(27)25-17(2)18-4-3-5-19(24)14-18/h3-14,17,26H,15H2,1-2H3,(H,25,27)/t17-/m0/s1. The highest BCUT2D eigenvalue weighted by Gasteiger charge is 2.15. The maximum absolute atomic E-state index is 12.5. The van der Waals surface area contributed by atoms with Crippen molar-refractivity contribution in [1.29, 1.82) is 0 Å². The number of carbonyl (C=O) groups excluding carboxylic acids is 1. The van der Waals surface area contributed by atoms with Gasteiger partial charge in [0.25, 0.3) is 15.9 Å². The molecule has 3 rings (SSSR count). The van der Waals surface area contributed by atoms with Gasteiger partial charge < -0.3 is 10.1 Å². The van der Waals surface area contributed by atoms with Crippen molar-refractivity contribution in [2.24, 2.45) is 0 Å². The summed E-state index contributed by atoms with van der Waals surface area (Å²) in [6, 6.07) is 20.5. The van der Waals surface area contributed by atoms with Crippen LogP contribution in [0.5, 0.6) is 5.75 Å². The van der Waals surface area contributed by atoms with E-state index in [2.05, 4.69) is 26.0 Å². The zero-order valence-corrected chi connectivity index (χ0v) is 19.5. The first-order chi connectivity index (χ1) is 14.7. The van der Waals surface area contributed by atoms with Gasteiger partial charge in [-0.1, -0.05) is 45.8 Å². The Kier molecular flexibility index (Phi) is 7.35. The Morgan fingerprint density at radius 2 is 1.71 bits per heavy atom. The minimum absolute atomic E-state index is 0.105. The van der Waals surface area contributed by atoms with Crippen LogP contribution < -0.4 is 14.8 Å². The van der Waals surface area contributed by atoms with Crippen LogP contribution in [0.3, 0.4) is 0 Å². The summed E-state index contributed by atoms with van der Waals surface area (Å²) < 4.78 is 34.0. The molecule has 2 N–H and O–H groups in total. The van der Waals surface area contributed by atoms with E-state index in [1.54, 1.807) is 12.1 Å². The van der Waals surface area contributed by atoms with Gasteiger partial charge in [0.2, 0.25) is 0 Å². The van der Waals surface area contributed by atoms with Gasteiger partial charge in [-0.2, -0.15) is 0 Å². The molecule has 3 aromatic rings. The first kappa shape index (κ1) is 22.8. The fourth-order valence-corrected chi connectivity index (χ4v) is 4.32. The van der Waals surface area contributed by atoms with E-state index < -0.39 is 10.0 Å². The van der Waals surface area contributed by atoms with Gasteiger partial charge in [0, 0.05) is 10.2 Å². The lowest BCUT2D eigenvalue weighted by atomic mass is 10.1. The van der Waals surface area contributed by atoms with Crippen molar-refractivity contribution in [1.82, 2.24) is 5.32 Å². The van der Waals surface area contributed by atoms with Crippen LogP contribution >= 0.6 is 15.9 Å². The van der Waals surface area contributed by atoms with Crippen molar-refractivity contribution in [3.8, 4) is 5.75 Å². The van der Waals surface area contributed by atoms with E-state index in [9.17, 15) is 13.2 Å². The van der Waals surface area contributed by atoms with Crippen LogP contribution in [0.15, 0.2) is 82.2 Å². The molecule has 31 heavy (non-hydrogen) atoms. The number of nitrogens with one attached hydrogen (secondary N) is 2. The number of amides is 1. The molecule has 0 bridgehead atoms. The van der Waals surface area contributed by atoms with Crippen LogP contribution in [0.4, 0.5) is 5.69 Å². The lowest BCUT2D eigenvalue weighted by Gasteiger charge is -2.15. The number of aryl methyl sites for hydroxylation is 1. The Morgan fingerprint density at radius 3 is 2.35 bits per heavy atom. The second-order valence-corrected chi connectivity index (χ2v) is 9.67. The molecule has 0 aliphatic rings. The molecule has 0 aromatic heterocycles. The Bertz CT molecular complexity index is 1150. The number of rotatable bonds is 8. The van der Waals surface area contributed by atoms with Gasteiger partial charge in [0.15, 0.2) is 6.61 Å². The molecule has 0 radical (unpaired) electrons. The molecular formula is C23H23BrN2O4S. The lowest BCUT2D eigenvalue weighted by Crippen LogP contribution is -2.31. The average molecular weight is 503 g/mol. The lowest BCUT2D eigenvalue weighted by molar-refractivity contribution is -0.123. The largest absolute Gasteiger partial charge is 0.484 e. The molecule has 0 unspecified atom stereocenters. The highest BCUT2D eigenvalue weighted by molar-refractivity contribution is 9.10. The fraction of sp³-hybridized carbons (Fsp3) is 0.174. The molecule has 1 amide bonds. The third-order valence-electron chi connectivity index (χ3n) is 4.53. The van der Waals surface area contributed by atoms with Gasteiger partial charge in [-0.3, -0.25) is 9.52 Å². The number of halogens is 1. The summed E-state index contributed by atoms with van der Waals surface area (Å²) in [5.74, 6) is 0.129. The molecule has 8 heteroatoms. The molecule has 0 saturated carbocycles. The number of hydrogen-bond donors (Lipinski definition) is 2. The molecule has 0 aliphatic carbocycles. The summed E-state index contributed by atoms with van der Waals surface area (Å²) in [6.07, 6.45) is 0. The Hall–Kier alpha value is -2.84. The van der Waals surface area contributed by atoms with Crippen molar-refractivity contribution in [2.45, 2.75) is 24.8 Å². The van der Waals surface area contributed by atoms with E-state index >= 15 is 0 Å². The monoisotopic (exact) mass is 502 g/mol. The van der Waals surface area contributed by atoms with E-state index in [1.807, 2.05) is 50.2 Å². The SMILES string of the molecule is Cc1ccc(NS(=O)(=O)c2ccc(OCC(=O)N[C@@H](C)c3cccc(Br)c3)cc2)cc1. The summed E-state index contributed by atoms with van der Waals surface area (Å²) in [5.41, 5.74) is 2.50. The van der Waals surface area contributed by atoms with Gasteiger partial charge in [-0.15, -0.1) is 0 Å². The van der Waals surface area contributed by atoms with E-state index in [0.717, 1.165) is 15.6 Å². The van der Waals surface area contributed by atoms with Crippen LogP contribution in [-0.2, 0) is 14.8 Å².